The molecule has 0 radical (unpaired) electrons. The summed E-state index contributed by atoms with van der Waals surface area (Å²) in [5.41, 5.74) is 1.42. The zero-order valence-electron chi connectivity index (χ0n) is 18.6. The van der Waals surface area contributed by atoms with Crippen LogP contribution >= 0.6 is 58.0 Å². The molecule has 0 unspecified atom stereocenters. The molecule has 1 saturated carbocycles. The van der Waals surface area contributed by atoms with Crippen LogP contribution < -0.4 is 10.2 Å². The first kappa shape index (κ1) is 27.6. The first-order chi connectivity index (χ1) is 16.3. The highest BCUT2D eigenvalue weighted by Crippen LogP contribution is 2.62. The van der Waals surface area contributed by atoms with Crippen LogP contribution in [0.25, 0.3) is 0 Å². The van der Waals surface area contributed by atoms with E-state index in [0.717, 1.165) is 0 Å². The Labute approximate surface area is 227 Å². The monoisotopic (exact) mass is 574 g/mol. The van der Waals surface area contributed by atoms with Crippen LogP contribution in [0.2, 0.25) is 5.02 Å². The lowest BCUT2D eigenvalue weighted by Gasteiger charge is -2.18. The van der Waals surface area contributed by atoms with E-state index in [9.17, 15) is 14.0 Å². The van der Waals surface area contributed by atoms with Gasteiger partial charge in [0.2, 0.25) is 5.91 Å². The van der Waals surface area contributed by atoms with E-state index < -0.39 is 33.8 Å². The number of nitrogens with one attached hydrogen (secondary N) is 1. The van der Waals surface area contributed by atoms with Gasteiger partial charge in [0.15, 0.2) is 0 Å². The average Bonchev–Trinajstić information content (AvgIpc) is 3.36. The molecule has 1 aliphatic rings. The highest BCUT2D eigenvalue weighted by molar-refractivity contribution is 6.53. The van der Waals surface area contributed by atoms with Crippen LogP contribution in [0.1, 0.15) is 17.3 Å². The van der Waals surface area contributed by atoms with E-state index in [0.29, 0.717) is 27.0 Å². The van der Waals surface area contributed by atoms with Gasteiger partial charge in [0, 0.05) is 34.4 Å². The van der Waals surface area contributed by atoms with E-state index in [2.05, 4.69) is 11.9 Å². The Morgan fingerprint density at radius 3 is 2.31 bits per heavy atom. The van der Waals surface area contributed by atoms with E-state index in [1.807, 2.05) is 0 Å². The maximum absolute atomic E-state index is 13.2. The molecule has 0 aliphatic heterocycles. The van der Waals surface area contributed by atoms with Crippen molar-refractivity contribution in [1.29, 1.82) is 0 Å². The van der Waals surface area contributed by atoms with E-state index in [1.165, 1.54) is 54.4 Å². The highest BCUT2D eigenvalue weighted by Gasteiger charge is 2.67. The second-order valence-electron chi connectivity index (χ2n) is 7.99. The van der Waals surface area contributed by atoms with E-state index in [1.54, 1.807) is 19.1 Å². The van der Waals surface area contributed by atoms with Crippen LogP contribution in [-0.2, 0) is 4.79 Å². The topological polar surface area (TPSA) is 49.4 Å². The summed E-state index contributed by atoms with van der Waals surface area (Å²) in [4.78, 5) is 27.3. The van der Waals surface area contributed by atoms with Gasteiger partial charge in [-0.3, -0.25) is 9.59 Å². The first-order valence-corrected chi connectivity index (χ1v) is 12.1. The second kappa shape index (κ2) is 10.9. The molecule has 2 amide bonds. The zero-order valence-corrected chi connectivity index (χ0v) is 22.4. The standard InChI is InChI=1S/C25H20Cl5FN2O2/c1-13(10-15(27)11-14(2)26)21-22(25(21,29)30)23(34)32-17-6-9-20(28)19(12-17)24(35)33(3)18-7-4-16(31)5-8-18/h4-12,21-22H,1H2,2-3H3,(H,32,34)/b14-11+,15-10+/t21-,22+/m1/s1. The maximum atomic E-state index is 13.2. The van der Waals surface area contributed by atoms with Crippen LogP contribution in [0.3, 0.4) is 0 Å². The number of benzene rings is 2. The van der Waals surface area contributed by atoms with Crippen molar-refractivity contribution >= 4 is 81.2 Å². The molecule has 3 rings (SSSR count). The van der Waals surface area contributed by atoms with Gasteiger partial charge in [0.1, 0.15) is 10.2 Å². The number of alkyl halides is 2. The third-order valence-corrected chi connectivity index (χ3v) is 6.98. The van der Waals surface area contributed by atoms with E-state index in [4.69, 9.17) is 58.0 Å². The number of nitrogens with zero attached hydrogens (tertiary/aromatic N) is 1. The molecule has 2 aromatic carbocycles. The van der Waals surface area contributed by atoms with E-state index >= 15 is 0 Å². The number of allylic oxidation sites excluding steroid dienone is 5. The minimum absolute atomic E-state index is 0.147. The minimum atomic E-state index is -1.37. The molecular weight excluding hydrogens is 557 g/mol. The first-order valence-electron chi connectivity index (χ1n) is 10.2. The lowest BCUT2D eigenvalue weighted by molar-refractivity contribution is -0.117. The van der Waals surface area contributed by atoms with Gasteiger partial charge in [-0.05, 0) is 67.1 Å². The Morgan fingerprint density at radius 2 is 1.71 bits per heavy atom. The van der Waals surface area contributed by atoms with Crippen molar-refractivity contribution < 1.29 is 14.0 Å². The van der Waals surface area contributed by atoms with Crippen LogP contribution in [-0.4, -0.2) is 23.2 Å². The Hall–Kier alpha value is -2.02. The number of amides is 2. The van der Waals surface area contributed by atoms with Crippen LogP contribution in [0.5, 0.6) is 0 Å². The Bertz CT molecular complexity index is 1240. The maximum Gasteiger partial charge on any atom is 0.259 e. The fraction of sp³-hybridized carbons (Fsp3) is 0.200. The highest BCUT2D eigenvalue weighted by atomic mass is 35.5. The molecule has 0 saturated heterocycles. The average molecular weight is 577 g/mol. The van der Waals surface area contributed by atoms with Gasteiger partial charge in [0.25, 0.3) is 5.91 Å². The Morgan fingerprint density at radius 1 is 1.09 bits per heavy atom. The largest absolute Gasteiger partial charge is 0.326 e. The molecule has 1 N–H and O–H groups in total. The van der Waals surface area contributed by atoms with Gasteiger partial charge in [-0.1, -0.05) is 41.4 Å². The summed E-state index contributed by atoms with van der Waals surface area (Å²) in [5.74, 6) is -2.68. The van der Waals surface area contributed by atoms with Crippen molar-refractivity contribution in [2.75, 3.05) is 17.3 Å². The number of halogens is 6. The predicted molar refractivity (Wildman–Crippen MR) is 143 cm³/mol. The van der Waals surface area contributed by atoms with Crippen molar-refractivity contribution in [3.63, 3.8) is 0 Å². The molecule has 0 heterocycles. The summed E-state index contributed by atoms with van der Waals surface area (Å²) in [5, 5.41) is 3.71. The molecule has 10 heteroatoms. The zero-order chi connectivity index (χ0) is 26.1. The number of rotatable bonds is 7. The molecule has 0 spiro atoms. The molecule has 0 bridgehead atoms. The Balaban J connectivity index is 1.76. The molecule has 2 atom stereocenters. The van der Waals surface area contributed by atoms with E-state index in [-0.39, 0.29) is 10.6 Å². The van der Waals surface area contributed by atoms with Gasteiger partial charge < -0.3 is 10.2 Å². The van der Waals surface area contributed by atoms with Crippen molar-refractivity contribution in [3.8, 4) is 0 Å². The summed E-state index contributed by atoms with van der Waals surface area (Å²) in [6, 6.07) is 9.93. The predicted octanol–water partition coefficient (Wildman–Crippen LogP) is 7.94. The molecule has 0 aromatic heterocycles. The number of hydrogen-bond donors (Lipinski definition) is 1. The minimum Gasteiger partial charge on any atom is -0.326 e. The summed E-state index contributed by atoms with van der Waals surface area (Å²) in [6.07, 6.45) is 3.08. The van der Waals surface area contributed by atoms with Gasteiger partial charge >= 0.3 is 0 Å². The summed E-state index contributed by atoms with van der Waals surface area (Å²) in [7, 11) is 1.53. The number of carbonyl (C=O) groups is 2. The second-order valence-corrected chi connectivity index (χ2v) is 10.9. The van der Waals surface area contributed by atoms with Gasteiger partial charge in [0.05, 0.1) is 16.5 Å². The number of hydrogen-bond acceptors (Lipinski definition) is 2. The quantitative estimate of drug-likeness (QED) is 0.269. The third kappa shape index (κ3) is 6.41. The van der Waals surface area contributed by atoms with Crippen molar-refractivity contribution in [3.05, 3.63) is 93.2 Å². The molecule has 2 aromatic rings. The smallest absolute Gasteiger partial charge is 0.259 e. The van der Waals surface area contributed by atoms with Gasteiger partial charge in [-0.25, -0.2) is 4.39 Å². The van der Waals surface area contributed by atoms with Gasteiger partial charge in [-0.15, -0.1) is 23.2 Å². The summed E-state index contributed by atoms with van der Waals surface area (Å²) in [6.45, 7) is 5.60. The third-order valence-electron chi connectivity index (χ3n) is 5.38. The van der Waals surface area contributed by atoms with Crippen LogP contribution in [0.15, 0.2) is 76.8 Å². The van der Waals surface area contributed by atoms with Crippen LogP contribution in [0.4, 0.5) is 15.8 Å². The molecule has 1 aliphatic carbocycles. The summed E-state index contributed by atoms with van der Waals surface area (Å²) < 4.78 is 11.8. The number of anilines is 2. The van der Waals surface area contributed by atoms with Crippen molar-refractivity contribution in [1.82, 2.24) is 0 Å². The molecule has 1 fully saturated rings. The van der Waals surface area contributed by atoms with Gasteiger partial charge in [-0.2, -0.15) is 0 Å². The fourth-order valence-corrected chi connectivity index (χ4v) is 5.09. The molecule has 184 valence electrons. The molecule has 35 heavy (non-hydrogen) atoms. The van der Waals surface area contributed by atoms with Crippen LogP contribution in [0, 0.1) is 17.7 Å². The lowest BCUT2D eigenvalue weighted by Crippen LogP contribution is -2.26. The SMILES string of the molecule is C=C(/C=C(Cl)\C=C(/C)Cl)[C@@H]1[C@@H](C(=O)Nc2ccc(Cl)c(C(=O)N(C)c3ccc(F)cc3)c2)C1(Cl)Cl. The van der Waals surface area contributed by atoms with Crippen molar-refractivity contribution in [2.24, 2.45) is 11.8 Å². The summed E-state index contributed by atoms with van der Waals surface area (Å²) >= 11 is 30.9. The Kier molecular flexibility index (Phi) is 8.61. The van der Waals surface area contributed by atoms with Crippen molar-refractivity contribution in [2.45, 2.75) is 11.3 Å². The normalized spacial score (nSPS) is 19.2. The fourth-order valence-electron chi connectivity index (χ4n) is 3.56. The lowest BCUT2D eigenvalue weighted by atomic mass is 10.1. The molecule has 4 nitrogen and oxygen atoms in total. The number of carbonyl (C=O) groups excluding carboxylic acids is 2. The molecular formula is C25H20Cl5FN2O2.